The van der Waals surface area contributed by atoms with Gasteiger partial charge in [-0.25, -0.2) is 0 Å². The highest BCUT2D eigenvalue weighted by atomic mass is 16.5. The number of aliphatic hydroxyl groups is 1. The zero-order valence-electron chi connectivity index (χ0n) is 18.4. The molecule has 0 saturated heterocycles. The molecule has 31 heavy (non-hydrogen) atoms. The zero-order valence-corrected chi connectivity index (χ0v) is 18.4. The second-order valence-electron chi connectivity index (χ2n) is 8.24. The van der Waals surface area contributed by atoms with Gasteiger partial charge in [0.1, 0.15) is 5.75 Å². The van der Waals surface area contributed by atoms with Gasteiger partial charge in [-0.3, -0.25) is 0 Å². The molecule has 0 spiro atoms. The molecule has 0 bridgehead atoms. The molecular formula is C27H30N2O2. The Morgan fingerprint density at radius 3 is 2.32 bits per heavy atom. The SMILES string of the molecule is COc1ccc(-c2cc3ccccc3n2C[C@H](O)CNc2ccc(C(C)C)cc2)cc1. The first-order chi connectivity index (χ1) is 15.0. The van der Waals surface area contributed by atoms with E-state index in [9.17, 15) is 5.11 Å². The lowest BCUT2D eigenvalue weighted by Gasteiger charge is -2.18. The van der Waals surface area contributed by atoms with Crippen LogP contribution >= 0.6 is 0 Å². The van der Waals surface area contributed by atoms with Gasteiger partial charge in [0.05, 0.1) is 19.8 Å². The van der Waals surface area contributed by atoms with Crippen molar-refractivity contribution in [1.82, 2.24) is 4.57 Å². The minimum Gasteiger partial charge on any atom is -0.497 e. The number of benzene rings is 3. The normalized spacial score (nSPS) is 12.3. The summed E-state index contributed by atoms with van der Waals surface area (Å²) < 4.78 is 7.50. The summed E-state index contributed by atoms with van der Waals surface area (Å²) in [5, 5.41) is 15.4. The Balaban J connectivity index is 1.53. The van der Waals surface area contributed by atoms with E-state index >= 15 is 0 Å². The Hall–Kier alpha value is -3.24. The van der Waals surface area contributed by atoms with Crippen molar-refractivity contribution in [2.75, 3.05) is 19.0 Å². The number of rotatable bonds is 8. The maximum atomic E-state index is 10.8. The van der Waals surface area contributed by atoms with Crippen molar-refractivity contribution in [3.05, 3.63) is 84.4 Å². The molecule has 0 aliphatic heterocycles. The molecule has 4 rings (SSSR count). The van der Waals surface area contributed by atoms with Crippen molar-refractivity contribution in [3.8, 4) is 17.0 Å². The lowest BCUT2D eigenvalue weighted by Crippen LogP contribution is -2.25. The molecule has 2 N–H and O–H groups in total. The van der Waals surface area contributed by atoms with E-state index in [1.807, 2.05) is 24.3 Å². The van der Waals surface area contributed by atoms with Crippen LogP contribution in [0.5, 0.6) is 5.75 Å². The number of hydrogen-bond donors (Lipinski definition) is 2. The fourth-order valence-electron chi connectivity index (χ4n) is 3.90. The van der Waals surface area contributed by atoms with Crippen molar-refractivity contribution >= 4 is 16.6 Å². The zero-order chi connectivity index (χ0) is 21.8. The van der Waals surface area contributed by atoms with Crippen LogP contribution in [0.4, 0.5) is 5.69 Å². The van der Waals surface area contributed by atoms with Crippen LogP contribution in [0.3, 0.4) is 0 Å². The second-order valence-corrected chi connectivity index (χ2v) is 8.24. The minimum atomic E-state index is -0.530. The van der Waals surface area contributed by atoms with E-state index in [4.69, 9.17) is 4.74 Å². The Morgan fingerprint density at radius 2 is 1.65 bits per heavy atom. The molecular weight excluding hydrogens is 384 g/mol. The summed E-state index contributed by atoms with van der Waals surface area (Å²) in [6.45, 7) is 5.36. The third-order valence-corrected chi connectivity index (χ3v) is 5.71. The monoisotopic (exact) mass is 414 g/mol. The summed E-state index contributed by atoms with van der Waals surface area (Å²) in [5.41, 5.74) is 5.64. The Labute approximate surface area is 184 Å². The number of ether oxygens (including phenoxy) is 1. The van der Waals surface area contributed by atoms with Crippen LogP contribution < -0.4 is 10.1 Å². The number of nitrogens with one attached hydrogen (secondary N) is 1. The Bertz CT molecular complexity index is 1130. The molecule has 1 aromatic heterocycles. The largest absolute Gasteiger partial charge is 0.497 e. The van der Waals surface area contributed by atoms with Crippen molar-refractivity contribution in [2.45, 2.75) is 32.4 Å². The van der Waals surface area contributed by atoms with Gasteiger partial charge in [-0.15, -0.1) is 0 Å². The van der Waals surface area contributed by atoms with Gasteiger partial charge in [-0.2, -0.15) is 0 Å². The van der Waals surface area contributed by atoms with Gasteiger partial charge < -0.3 is 19.7 Å². The summed E-state index contributed by atoms with van der Waals surface area (Å²) in [6, 6.07) is 27.0. The van der Waals surface area contributed by atoms with Gasteiger partial charge in [-0.05, 0) is 65.6 Å². The lowest BCUT2D eigenvalue weighted by atomic mass is 10.0. The number of anilines is 1. The third-order valence-electron chi connectivity index (χ3n) is 5.71. The van der Waals surface area contributed by atoms with E-state index < -0.39 is 6.10 Å². The number of para-hydroxylation sites is 1. The maximum absolute atomic E-state index is 10.8. The van der Waals surface area contributed by atoms with Gasteiger partial charge in [0.25, 0.3) is 0 Å². The number of hydrogen-bond acceptors (Lipinski definition) is 3. The lowest BCUT2D eigenvalue weighted by molar-refractivity contribution is 0.169. The molecule has 4 heteroatoms. The van der Waals surface area contributed by atoms with Gasteiger partial charge in [0.15, 0.2) is 0 Å². The van der Waals surface area contributed by atoms with Crippen LogP contribution in [-0.2, 0) is 6.54 Å². The molecule has 0 unspecified atom stereocenters. The summed E-state index contributed by atoms with van der Waals surface area (Å²) in [4.78, 5) is 0. The molecule has 0 fully saturated rings. The molecule has 4 nitrogen and oxygen atoms in total. The quantitative estimate of drug-likeness (QED) is 0.377. The highest BCUT2D eigenvalue weighted by Gasteiger charge is 2.14. The maximum Gasteiger partial charge on any atom is 0.118 e. The highest BCUT2D eigenvalue weighted by Crippen LogP contribution is 2.30. The standard InChI is InChI=1S/C27H30N2O2/c1-19(2)20-8-12-23(13-9-20)28-17-24(30)18-29-26-7-5-4-6-22(26)16-27(29)21-10-14-25(31-3)15-11-21/h4-16,19,24,28,30H,17-18H2,1-3H3/t24-/m1/s1. The summed E-state index contributed by atoms with van der Waals surface area (Å²) >= 11 is 0. The van der Waals surface area contributed by atoms with Crippen molar-refractivity contribution in [2.24, 2.45) is 0 Å². The summed E-state index contributed by atoms with van der Waals surface area (Å²) in [6.07, 6.45) is -0.530. The van der Waals surface area contributed by atoms with E-state index in [0.29, 0.717) is 19.0 Å². The molecule has 0 amide bonds. The second kappa shape index (κ2) is 9.27. The van der Waals surface area contributed by atoms with Crippen LogP contribution in [0.1, 0.15) is 25.3 Å². The number of methoxy groups -OCH3 is 1. The topological polar surface area (TPSA) is 46.4 Å². The fraction of sp³-hybridized carbons (Fsp3) is 0.259. The van der Waals surface area contributed by atoms with Crippen molar-refractivity contribution in [3.63, 3.8) is 0 Å². The first kappa shape index (κ1) is 21.0. The van der Waals surface area contributed by atoms with Gasteiger partial charge in [0, 0.05) is 28.8 Å². The Morgan fingerprint density at radius 1 is 0.935 bits per heavy atom. The number of aliphatic hydroxyl groups excluding tert-OH is 1. The molecule has 1 heterocycles. The molecule has 0 aliphatic carbocycles. The molecule has 1 atom stereocenters. The molecule has 0 radical (unpaired) electrons. The van der Waals surface area contributed by atoms with Gasteiger partial charge >= 0.3 is 0 Å². The van der Waals surface area contributed by atoms with Crippen LogP contribution in [0.15, 0.2) is 78.9 Å². The average molecular weight is 415 g/mol. The van der Waals surface area contributed by atoms with Crippen LogP contribution in [-0.4, -0.2) is 29.4 Å². The van der Waals surface area contributed by atoms with E-state index in [1.165, 1.54) is 5.56 Å². The number of fused-ring (bicyclic) bond motifs is 1. The predicted octanol–water partition coefficient (Wildman–Crippen LogP) is 5.91. The van der Waals surface area contributed by atoms with E-state index in [2.05, 4.69) is 78.3 Å². The van der Waals surface area contributed by atoms with Crippen molar-refractivity contribution < 1.29 is 9.84 Å². The molecule has 0 aliphatic rings. The van der Waals surface area contributed by atoms with Crippen LogP contribution in [0.2, 0.25) is 0 Å². The first-order valence-corrected chi connectivity index (χ1v) is 10.8. The predicted molar refractivity (Wildman–Crippen MR) is 129 cm³/mol. The molecule has 160 valence electrons. The van der Waals surface area contributed by atoms with Crippen molar-refractivity contribution in [1.29, 1.82) is 0 Å². The molecule has 4 aromatic rings. The van der Waals surface area contributed by atoms with Gasteiger partial charge in [0.2, 0.25) is 0 Å². The van der Waals surface area contributed by atoms with E-state index in [0.717, 1.165) is 33.6 Å². The van der Waals surface area contributed by atoms with E-state index in [-0.39, 0.29) is 0 Å². The average Bonchev–Trinajstić information content (AvgIpc) is 3.16. The highest BCUT2D eigenvalue weighted by molar-refractivity contribution is 5.87. The number of aromatic nitrogens is 1. The van der Waals surface area contributed by atoms with E-state index in [1.54, 1.807) is 7.11 Å². The first-order valence-electron chi connectivity index (χ1n) is 10.8. The smallest absolute Gasteiger partial charge is 0.118 e. The summed E-state index contributed by atoms with van der Waals surface area (Å²) in [7, 11) is 1.67. The minimum absolute atomic E-state index is 0.482. The summed E-state index contributed by atoms with van der Waals surface area (Å²) in [5.74, 6) is 1.34. The van der Waals surface area contributed by atoms with Gasteiger partial charge in [-0.1, -0.05) is 44.2 Å². The van der Waals surface area contributed by atoms with Crippen LogP contribution in [0, 0.1) is 0 Å². The molecule has 0 saturated carbocycles. The van der Waals surface area contributed by atoms with Crippen LogP contribution in [0.25, 0.3) is 22.2 Å². The molecule has 3 aromatic carbocycles. The fourth-order valence-corrected chi connectivity index (χ4v) is 3.90. The Kier molecular flexibility index (Phi) is 6.28. The number of nitrogens with zero attached hydrogens (tertiary/aromatic N) is 1. The third kappa shape index (κ3) is 4.75.